The van der Waals surface area contributed by atoms with E-state index in [4.69, 9.17) is 4.74 Å². The van der Waals surface area contributed by atoms with Gasteiger partial charge in [-0.2, -0.15) is 0 Å². The third kappa shape index (κ3) is 1.80. The first-order valence-corrected chi connectivity index (χ1v) is 5.12. The van der Waals surface area contributed by atoms with Gasteiger partial charge in [0, 0.05) is 19.8 Å². The van der Waals surface area contributed by atoms with Crippen molar-refractivity contribution in [1.29, 1.82) is 0 Å². The molecule has 2 saturated heterocycles. The summed E-state index contributed by atoms with van der Waals surface area (Å²) < 4.78 is 5.51. The molecular formula is C10H19NO. The Morgan fingerprint density at radius 3 is 2.75 bits per heavy atom. The van der Waals surface area contributed by atoms with Crippen molar-refractivity contribution in [2.75, 3.05) is 33.4 Å². The van der Waals surface area contributed by atoms with Crippen molar-refractivity contribution < 1.29 is 4.74 Å². The van der Waals surface area contributed by atoms with Crippen molar-refractivity contribution in [2.24, 2.45) is 11.8 Å². The summed E-state index contributed by atoms with van der Waals surface area (Å²) in [6, 6.07) is 0. The minimum absolute atomic E-state index is 0.865. The van der Waals surface area contributed by atoms with Gasteiger partial charge in [0.15, 0.2) is 0 Å². The number of likely N-dealkylation sites (tertiary alicyclic amines) is 1. The Hall–Kier alpha value is -0.0800. The molecule has 2 aliphatic rings. The highest BCUT2D eigenvalue weighted by Gasteiger charge is 2.28. The van der Waals surface area contributed by atoms with Crippen LogP contribution < -0.4 is 0 Å². The van der Waals surface area contributed by atoms with Gasteiger partial charge in [-0.25, -0.2) is 0 Å². The van der Waals surface area contributed by atoms with E-state index in [9.17, 15) is 0 Å². The van der Waals surface area contributed by atoms with Gasteiger partial charge in [0.1, 0.15) is 0 Å². The second-order valence-electron chi connectivity index (χ2n) is 4.29. The van der Waals surface area contributed by atoms with Gasteiger partial charge < -0.3 is 9.64 Å². The highest BCUT2D eigenvalue weighted by molar-refractivity contribution is 4.80. The lowest BCUT2D eigenvalue weighted by molar-refractivity contribution is 0.0326. The Morgan fingerprint density at radius 2 is 2.17 bits per heavy atom. The average molecular weight is 169 g/mol. The topological polar surface area (TPSA) is 12.5 Å². The summed E-state index contributed by atoms with van der Waals surface area (Å²) in [5, 5.41) is 0. The zero-order valence-corrected chi connectivity index (χ0v) is 7.96. The molecule has 2 unspecified atom stereocenters. The average Bonchev–Trinajstić information content (AvgIpc) is 2.54. The molecule has 2 fully saturated rings. The van der Waals surface area contributed by atoms with E-state index in [1.165, 1.54) is 32.4 Å². The monoisotopic (exact) mass is 169 g/mol. The van der Waals surface area contributed by atoms with Crippen molar-refractivity contribution in [1.82, 2.24) is 4.90 Å². The van der Waals surface area contributed by atoms with Crippen LogP contribution in [0.15, 0.2) is 0 Å². The largest absolute Gasteiger partial charge is 0.381 e. The van der Waals surface area contributed by atoms with Gasteiger partial charge in [-0.15, -0.1) is 0 Å². The summed E-state index contributed by atoms with van der Waals surface area (Å²) in [7, 11) is 2.23. The second kappa shape index (κ2) is 3.75. The van der Waals surface area contributed by atoms with Crippen molar-refractivity contribution in [2.45, 2.75) is 19.3 Å². The fourth-order valence-corrected chi connectivity index (χ4v) is 2.49. The van der Waals surface area contributed by atoms with Gasteiger partial charge in [-0.05, 0) is 44.7 Å². The summed E-state index contributed by atoms with van der Waals surface area (Å²) in [5.41, 5.74) is 0. The molecular weight excluding hydrogens is 150 g/mol. The van der Waals surface area contributed by atoms with E-state index in [2.05, 4.69) is 11.9 Å². The highest BCUT2D eigenvalue weighted by Crippen LogP contribution is 2.28. The Morgan fingerprint density at radius 1 is 1.25 bits per heavy atom. The highest BCUT2D eigenvalue weighted by atomic mass is 16.5. The molecule has 0 bridgehead atoms. The van der Waals surface area contributed by atoms with Crippen LogP contribution in [-0.2, 0) is 4.74 Å². The minimum Gasteiger partial charge on any atom is -0.381 e. The van der Waals surface area contributed by atoms with Gasteiger partial charge >= 0.3 is 0 Å². The number of hydrogen-bond donors (Lipinski definition) is 0. The van der Waals surface area contributed by atoms with Gasteiger partial charge in [-0.3, -0.25) is 0 Å². The molecule has 12 heavy (non-hydrogen) atoms. The van der Waals surface area contributed by atoms with Crippen LogP contribution in [0.3, 0.4) is 0 Å². The maximum atomic E-state index is 5.51. The first-order valence-electron chi connectivity index (χ1n) is 5.12. The maximum absolute atomic E-state index is 5.51. The fraction of sp³-hybridized carbons (Fsp3) is 1.00. The molecule has 0 saturated carbocycles. The molecule has 0 amide bonds. The summed E-state index contributed by atoms with van der Waals surface area (Å²) in [5.74, 6) is 1.79. The molecule has 2 aliphatic heterocycles. The summed E-state index contributed by atoms with van der Waals surface area (Å²) in [4.78, 5) is 2.44. The lowest BCUT2D eigenvalue weighted by atomic mass is 9.87. The van der Waals surface area contributed by atoms with Gasteiger partial charge in [0.05, 0.1) is 0 Å². The summed E-state index contributed by atoms with van der Waals surface area (Å²) in [6.07, 6.45) is 4.08. The Balaban J connectivity index is 1.83. The summed E-state index contributed by atoms with van der Waals surface area (Å²) in [6.45, 7) is 4.62. The van der Waals surface area contributed by atoms with E-state index in [0.717, 1.165) is 25.0 Å². The van der Waals surface area contributed by atoms with Crippen LogP contribution in [0, 0.1) is 11.8 Å². The van der Waals surface area contributed by atoms with Crippen LogP contribution in [0.25, 0.3) is 0 Å². The molecule has 0 radical (unpaired) electrons. The number of ether oxygens (including phenoxy) is 1. The van der Waals surface area contributed by atoms with Crippen LogP contribution >= 0.6 is 0 Å². The molecule has 2 heterocycles. The van der Waals surface area contributed by atoms with Crippen LogP contribution in [0.4, 0.5) is 0 Å². The predicted octanol–water partition coefficient (Wildman–Crippen LogP) is 1.36. The van der Waals surface area contributed by atoms with E-state index in [1.807, 2.05) is 0 Å². The van der Waals surface area contributed by atoms with Crippen molar-refractivity contribution >= 4 is 0 Å². The maximum Gasteiger partial charge on any atom is 0.0497 e. The molecule has 0 spiro atoms. The van der Waals surface area contributed by atoms with Crippen LogP contribution in [0.1, 0.15) is 19.3 Å². The number of hydrogen-bond acceptors (Lipinski definition) is 2. The molecule has 0 aromatic rings. The first kappa shape index (κ1) is 8.52. The van der Waals surface area contributed by atoms with E-state index in [0.29, 0.717) is 0 Å². The first-order chi connectivity index (χ1) is 5.86. The lowest BCUT2D eigenvalue weighted by Crippen LogP contribution is -2.26. The zero-order chi connectivity index (χ0) is 8.39. The molecule has 2 atom stereocenters. The standard InChI is InChI=1S/C10H19NO/c1-11-5-4-9(7-11)10-3-2-6-12-8-10/h9-10H,2-8H2,1H3. The van der Waals surface area contributed by atoms with Gasteiger partial charge in [0.2, 0.25) is 0 Å². The van der Waals surface area contributed by atoms with E-state index in [1.54, 1.807) is 0 Å². The number of rotatable bonds is 1. The third-order valence-electron chi connectivity index (χ3n) is 3.29. The van der Waals surface area contributed by atoms with E-state index < -0.39 is 0 Å². The molecule has 70 valence electrons. The van der Waals surface area contributed by atoms with Crippen LogP contribution in [-0.4, -0.2) is 38.3 Å². The predicted molar refractivity (Wildman–Crippen MR) is 49.1 cm³/mol. The summed E-state index contributed by atoms with van der Waals surface area (Å²) >= 11 is 0. The Labute approximate surface area is 74.9 Å². The second-order valence-corrected chi connectivity index (χ2v) is 4.29. The van der Waals surface area contributed by atoms with Crippen LogP contribution in [0.5, 0.6) is 0 Å². The Kier molecular flexibility index (Phi) is 2.66. The Bertz CT molecular complexity index is 140. The molecule has 2 heteroatoms. The molecule has 0 aliphatic carbocycles. The lowest BCUT2D eigenvalue weighted by Gasteiger charge is -2.27. The SMILES string of the molecule is CN1CCC(C2CCCOC2)C1. The van der Waals surface area contributed by atoms with E-state index >= 15 is 0 Å². The molecule has 2 nitrogen and oxygen atoms in total. The smallest absolute Gasteiger partial charge is 0.0497 e. The quantitative estimate of drug-likeness (QED) is 0.588. The molecule has 2 rings (SSSR count). The molecule has 0 N–H and O–H groups in total. The van der Waals surface area contributed by atoms with E-state index in [-0.39, 0.29) is 0 Å². The number of nitrogens with zero attached hydrogens (tertiary/aromatic N) is 1. The zero-order valence-electron chi connectivity index (χ0n) is 7.96. The molecule has 0 aromatic carbocycles. The van der Waals surface area contributed by atoms with Gasteiger partial charge in [-0.1, -0.05) is 0 Å². The van der Waals surface area contributed by atoms with Crippen molar-refractivity contribution in [3.05, 3.63) is 0 Å². The van der Waals surface area contributed by atoms with Crippen LogP contribution in [0.2, 0.25) is 0 Å². The fourth-order valence-electron chi connectivity index (χ4n) is 2.49. The molecule has 0 aromatic heterocycles. The normalized spacial score (nSPS) is 38.8. The van der Waals surface area contributed by atoms with Crippen molar-refractivity contribution in [3.63, 3.8) is 0 Å². The van der Waals surface area contributed by atoms with Gasteiger partial charge in [0.25, 0.3) is 0 Å². The van der Waals surface area contributed by atoms with Crippen molar-refractivity contribution in [3.8, 4) is 0 Å². The third-order valence-corrected chi connectivity index (χ3v) is 3.29. The minimum atomic E-state index is 0.865.